The van der Waals surface area contributed by atoms with Crippen LogP contribution in [-0.2, 0) is 0 Å². The Bertz CT molecular complexity index is 266. The van der Waals surface area contributed by atoms with Crippen molar-refractivity contribution in [3.05, 3.63) is 11.6 Å². The molecule has 0 aliphatic heterocycles. The Morgan fingerprint density at radius 1 is 1.05 bits per heavy atom. The summed E-state index contributed by atoms with van der Waals surface area (Å²) in [6, 6.07) is 0.444. The predicted octanol–water partition coefficient (Wildman–Crippen LogP) is 4.46. The molecule has 0 heterocycles. The molecule has 19 heavy (non-hydrogen) atoms. The van der Waals surface area contributed by atoms with E-state index in [9.17, 15) is 0 Å². The van der Waals surface area contributed by atoms with Crippen molar-refractivity contribution in [3.63, 3.8) is 0 Å². The van der Waals surface area contributed by atoms with Gasteiger partial charge in [0.2, 0.25) is 0 Å². The Hall–Kier alpha value is -0.340. The van der Waals surface area contributed by atoms with E-state index in [1.807, 2.05) is 0 Å². The highest BCUT2D eigenvalue weighted by atomic mass is 15.2. The zero-order valence-corrected chi connectivity index (χ0v) is 12.5. The molecule has 0 spiro atoms. The van der Waals surface area contributed by atoms with Crippen LogP contribution in [0.5, 0.6) is 0 Å². The maximum Gasteiger partial charge on any atom is 0.0419 e. The molecule has 2 nitrogen and oxygen atoms in total. The van der Waals surface area contributed by atoms with Gasteiger partial charge in [0.05, 0.1) is 0 Å². The summed E-state index contributed by atoms with van der Waals surface area (Å²) in [5.74, 6) is 6.79. The molecule has 110 valence electrons. The Morgan fingerprint density at radius 2 is 1.79 bits per heavy atom. The van der Waals surface area contributed by atoms with Crippen molar-refractivity contribution < 1.29 is 0 Å². The molecule has 3 N–H and O–H groups in total. The van der Waals surface area contributed by atoms with Crippen LogP contribution in [0.4, 0.5) is 0 Å². The third kappa shape index (κ3) is 5.27. The lowest BCUT2D eigenvalue weighted by molar-refractivity contribution is 0.319. The summed E-state index contributed by atoms with van der Waals surface area (Å²) >= 11 is 0. The van der Waals surface area contributed by atoms with E-state index in [0.717, 1.165) is 5.92 Å². The molecule has 0 aromatic rings. The number of rotatable bonds is 5. The number of hydrogen-bond acceptors (Lipinski definition) is 2. The molecule has 1 unspecified atom stereocenters. The number of hydrazine groups is 1. The van der Waals surface area contributed by atoms with Gasteiger partial charge in [0.25, 0.3) is 0 Å². The van der Waals surface area contributed by atoms with Gasteiger partial charge in [0.15, 0.2) is 0 Å². The molecule has 2 aliphatic rings. The molecule has 1 saturated carbocycles. The second-order valence-electron chi connectivity index (χ2n) is 6.53. The van der Waals surface area contributed by atoms with Crippen molar-refractivity contribution in [2.45, 2.75) is 89.5 Å². The quantitative estimate of drug-likeness (QED) is 0.437. The summed E-state index contributed by atoms with van der Waals surface area (Å²) in [6.07, 6.45) is 20.4. The summed E-state index contributed by atoms with van der Waals surface area (Å²) in [7, 11) is 0. The van der Waals surface area contributed by atoms with Gasteiger partial charge in [-0.3, -0.25) is 11.3 Å². The summed E-state index contributed by atoms with van der Waals surface area (Å²) in [4.78, 5) is 0. The summed E-state index contributed by atoms with van der Waals surface area (Å²) in [5, 5.41) is 0. The van der Waals surface area contributed by atoms with E-state index in [1.54, 1.807) is 5.57 Å². The fourth-order valence-electron chi connectivity index (χ4n) is 3.79. The van der Waals surface area contributed by atoms with Crippen molar-refractivity contribution in [1.29, 1.82) is 0 Å². The summed E-state index contributed by atoms with van der Waals surface area (Å²) < 4.78 is 0. The first-order chi connectivity index (χ1) is 9.40. The molecule has 0 saturated heterocycles. The van der Waals surface area contributed by atoms with E-state index in [1.165, 1.54) is 83.5 Å². The molecule has 1 fully saturated rings. The SMILES string of the molecule is NNC(CCC1CCCCC1)C1=CCCCCCC1. The van der Waals surface area contributed by atoms with Crippen LogP contribution in [0.3, 0.4) is 0 Å². The molecule has 1 atom stereocenters. The van der Waals surface area contributed by atoms with Crippen LogP contribution in [0.25, 0.3) is 0 Å². The highest BCUT2D eigenvalue weighted by molar-refractivity contribution is 5.11. The number of allylic oxidation sites excluding steroid dienone is 1. The fourth-order valence-corrected chi connectivity index (χ4v) is 3.79. The van der Waals surface area contributed by atoms with Gasteiger partial charge in [-0.2, -0.15) is 0 Å². The van der Waals surface area contributed by atoms with Crippen LogP contribution >= 0.6 is 0 Å². The van der Waals surface area contributed by atoms with Crippen molar-refractivity contribution in [2.75, 3.05) is 0 Å². The molecule has 2 aliphatic carbocycles. The van der Waals surface area contributed by atoms with Gasteiger partial charge < -0.3 is 0 Å². The first-order valence-electron chi connectivity index (χ1n) is 8.55. The van der Waals surface area contributed by atoms with E-state index in [2.05, 4.69) is 11.5 Å². The molecule has 0 radical (unpaired) electrons. The summed E-state index contributed by atoms with van der Waals surface area (Å²) in [6.45, 7) is 0. The van der Waals surface area contributed by atoms with Crippen LogP contribution in [0.2, 0.25) is 0 Å². The average molecular weight is 264 g/mol. The minimum absolute atomic E-state index is 0.444. The Morgan fingerprint density at radius 3 is 2.58 bits per heavy atom. The van der Waals surface area contributed by atoms with Gasteiger partial charge in [-0.1, -0.05) is 56.6 Å². The fraction of sp³-hybridized carbons (Fsp3) is 0.882. The van der Waals surface area contributed by atoms with Crippen molar-refractivity contribution in [1.82, 2.24) is 5.43 Å². The zero-order valence-electron chi connectivity index (χ0n) is 12.5. The third-order valence-corrected chi connectivity index (χ3v) is 5.06. The Labute approximate surface area is 119 Å². The molecule has 0 aromatic carbocycles. The van der Waals surface area contributed by atoms with E-state index in [4.69, 9.17) is 5.84 Å². The van der Waals surface area contributed by atoms with Gasteiger partial charge in [0.1, 0.15) is 0 Å². The summed E-state index contributed by atoms with van der Waals surface area (Å²) in [5.41, 5.74) is 4.69. The smallest absolute Gasteiger partial charge is 0.0419 e. The topological polar surface area (TPSA) is 38.0 Å². The number of nitrogens with two attached hydrogens (primary N) is 1. The van der Waals surface area contributed by atoms with Crippen molar-refractivity contribution in [2.24, 2.45) is 11.8 Å². The second-order valence-corrected chi connectivity index (χ2v) is 6.53. The van der Waals surface area contributed by atoms with Gasteiger partial charge >= 0.3 is 0 Å². The monoisotopic (exact) mass is 264 g/mol. The first-order valence-corrected chi connectivity index (χ1v) is 8.55. The maximum absolute atomic E-state index is 5.82. The minimum Gasteiger partial charge on any atom is -0.271 e. The van der Waals surface area contributed by atoms with Crippen molar-refractivity contribution >= 4 is 0 Å². The van der Waals surface area contributed by atoms with Gasteiger partial charge in [-0.15, -0.1) is 0 Å². The molecule has 2 rings (SSSR count). The van der Waals surface area contributed by atoms with Gasteiger partial charge in [-0.25, -0.2) is 0 Å². The normalized spacial score (nSPS) is 24.4. The minimum atomic E-state index is 0.444. The highest BCUT2D eigenvalue weighted by Gasteiger charge is 2.18. The second kappa shape index (κ2) is 8.76. The highest BCUT2D eigenvalue weighted by Crippen LogP contribution is 2.29. The van der Waals surface area contributed by atoms with Gasteiger partial charge in [-0.05, 0) is 44.4 Å². The molecular weight excluding hydrogens is 232 g/mol. The van der Waals surface area contributed by atoms with Crippen LogP contribution < -0.4 is 11.3 Å². The molecular formula is C17H32N2. The van der Waals surface area contributed by atoms with Crippen LogP contribution in [0, 0.1) is 5.92 Å². The lowest BCUT2D eigenvalue weighted by atomic mass is 9.83. The predicted molar refractivity (Wildman–Crippen MR) is 82.7 cm³/mol. The van der Waals surface area contributed by atoms with E-state index < -0.39 is 0 Å². The van der Waals surface area contributed by atoms with E-state index in [-0.39, 0.29) is 0 Å². The first kappa shape index (κ1) is 15.1. The lowest BCUT2D eigenvalue weighted by Crippen LogP contribution is -2.37. The van der Waals surface area contributed by atoms with Crippen LogP contribution in [0.15, 0.2) is 11.6 Å². The van der Waals surface area contributed by atoms with E-state index in [0.29, 0.717) is 6.04 Å². The molecule has 2 heteroatoms. The Balaban J connectivity index is 1.80. The van der Waals surface area contributed by atoms with Crippen LogP contribution in [0.1, 0.15) is 83.5 Å². The maximum atomic E-state index is 5.82. The molecule has 0 bridgehead atoms. The number of hydrogen-bond donors (Lipinski definition) is 2. The molecule has 0 amide bonds. The molecule has 0 aromatic heterocycles. The van der Waals surface area contributed by atoms with Gasteiger partial charge in [0, 0.05) is 6.04 Å². The third-order valence-electron chi connectivity index (χ3n) is 5.06. The standard InChI is InChI=1S/C17H32N2/c18-19-17(14-13-15-9-5-4-6-10-15)16-11-7-2-1-3-8-12-16/h11,15,17,19H,1-10,12-14,18H2. The average Bonchev–Trinajstić information content (AvgIpc) is 2.42. The van der Waals surface area contributed by atoms with E-state index >= 15 is 0 Å². The van der Waals surface area contributed by atoms with Crippen molar-refractivity contribution in [3.8, 4) is 0 Å². The lowest BCUT2D eigenvalue weighted by Gasteiger charge is -2.26. The zero-order chi connectivity index (χ0) is 13.3. The Kier molecular flexibility index (Phi) is 6.94. The van der Waals surface area contributed by atoms with Crippen LogP contribution in [-0.4, -0.2) is 6.04 Å². The number of nitrogens with one attached hydrogen (secondary N) is 1. The largest absolute Gasteiger partial charge is 0.271 e.